The maximum atomic E-state index is 12.7. The number of nitro groups is 1. The molecule has 0 atom stereocenters. The SMILES string of the molecule is CCc1cccc2c1[nH]c1cc(NC(=O)c3cccc([N+](=O)[O-])c3C)ccc12. The van der Waals surface area contributed by atoms with Crippen molar-refractivity contribution in [3.63, 3.8) is 0 Å². The number of aromatic amines is 1. The topological polar surface area (TPSA) is 88.0 Å². The van der Waals surface area contributed by atoms with Crippen molar-refractivity contribution in [2.75, 3.05) is 5.32 Å². The quantitative estimate of drug-likeness (QED) is 0.373. The summed E-state index contributed by atoms with van der Waals surface area (Å²) < 4.78 is 0. The molecule has 0 aliphatic heterocycles. The Balaban J connectivity index is 1.71. The molecule has 28 heavy (non-hydrogen) atoms. The molecule has 0 aliphatic carbocycles. The van der Waals surface area contributed by atoms with Crippen LogP contribution < -0.4 is 5.32 Å². The van der Waals surface area contributed by atoms with Crippen LogP contribution in [0.5, 0.6) is 0 Å². The zero-order chi connectivity index (χ0) is 19.8. The second kappa shape index (κ2) is 6.81. The highest BCUT2D eigenvalue weighted by atomic mass is 16.6. The number of nitro benzene ring substituents is 1. The third kappa shape index (κ3) is 2.89. The van der Waals surface area contributed by atoms with E-state index < -0.39 is 4.92 Å². The smallest absolute Gasteiger partial charge is 0.273 e. The number of aryl methyl sites for hydroxylation is 1. The molecule has 3 aromatic carbocycles. The van der Waals surface area contributed by atoms with Crippen LogP contribution in [0.3, 0.4) is 0 Å². The number of fused-ring (bicyclic) bond motifs is 3. The van der Waals surface area contributed by atoms with Gasteiger partial charge >= 0.3 is 0 Å². The van der Waals surface area contributed by atoms with Crippen LogP contribution in [-0.4, -0.2) is 15.8 Å². The first-order valence-corrected chi connectivity index (χ1v) is 9.08. The first-order chi connectivity index (χ1) is 13.5. The molecule has 0 radical (unpaired) electrons. The summed E-state index contributed by atoms with van der Waals surface area (Å²) in [5, 5.41) is 16.2. The fourth-order valence-corrected chi connectivity index (χ4v) is 3.63. The third-order valence-corrected chi connectivity index (χ3v) is 5.11. The van der Waals surface area contributed by atoms with Crippen LogP contribution in [0.1, 0.15) is 28.4 Å². The van der Waals surface area contributed by atoms with Gasteiger partial charge in [0, 0.05) is 44.7 Å². The predicted molar refractivity (Wildman–Crippen MR) is 111 cm³/mol. The van der Waals surface area contributed by atoms with E-state index >= 15 is 0 Å². The van der Waals surface area contributed by atoms with Gasteiger partial charge in [0.05, 0.1) is 4.92 Å². The first-order valence-electron chi connectivity index (χ1n) is 9.08. The van der Waals surface area contributed by atoms with E-state index in [4.69, 9.17) is 0 Å². The van der Waals surface area contributed by atoms with E-state index in [1.165, 1.54) is 17.7 Å². The highest BCUT2D eigenvalue weighted by Gasteiger charge is 2.18. The highest BCUT2D eigenvalue weighted by Crippen LogP contribution is 2.30. The molecule has 0 unspecified atom stereocenters. The Morgan fingerprint density at radius 2 is 1.89 bits per heavy atom. The van der Waals surface area contributed by atoms with E-state index in [0.29, 0.717) is 16.8 Å². The molecule has 6 nitrogen and oxygen atoms in total. The van der Waals surface area contributed by atoms with Gasteiger partial charge in [-0.3, -0.25) is 14.9 Å². The Morgan fingerprint density at radius 3 is 2.64 bits per heavy atom. The zero-order valence-electron chi connectivity index (χ0n) is 15.6. The van der Waals surface area contributed by atoms with Gasteiger partial charge in [0.2, 0.25) is 0 Å². The lowest BCUT2D eigenvalue weighted by Gasteiger charge is -2.08. The average Bonchev–Trinajstić information content (AvgIpc) is 3.05. The van der Waals surface area contributed by atoms with Gasteiger partial charge in [0.1, 0.15) is 0 Å². The molecule has 6 heteroatoms. The molecular formula is C22H19N3O3. The van der Waals surface area contributed by atoms with Crippen LogP contribution >= 0.6 is 0 Å². The third-order valence-electron chi connectivity index (χ3n) is 5.11. The summed E-state index contributed by atoms with van der Waals surface area (Å²) in [6.45, 7) is 3.70. The number of anilines is 1. The van der Waals surface area contributed by atoms with Crippen molar-refractivity contribution in [3.05, 3.63) is 81.4 Å². The minimum Gasteiger partial charge on any atom is -0.354 e. The molecule has 1 heterocycles. The number of nitrogens with one attached hydrogen (secondary N) is 2. The number of carbonyl (C=O) groups is 1. The molecule has 1 aromatic heterocycles. The Hall–Kier alpha value is -3.67. The highest BCUT2D eigenvalue weighted by molar-refractivity contribution is 6.11. The molecule has 0 bridgehead atoms. The van der Waals surface area contributed by atoms with Crippen LogP contribution in [-0.2, 0) is 6.42 Å². The standard InChI is InChI=1S/C22H19N3O3/c1-3-14-6-4-8-18-17-11-10-15(12-19(17)24-21(14)18)23-22(26)16-7-5-9-20(13(16)2)25(27)28/h4-12,24H,3H2,1-2H3,(H,23,26). The van der Waals surface area contributed by atoms with Crippen molar-refractivity contribution in [3.8, 4) is 0 Å². The van der Waals surface area contributed by atoms with Crippen molar-refractivity contribution >= 4 is 39.1 Å². The van der Waals surface area contributed by atoms with Crippen molar-refractivity contribution < 1.29 is 9.72 Å². The maximum Gasteiger partial charge on any atom is 0.273 e. The molecular weight excluding hydrogens is 354 g/mol. The molecule has 0 saturated carbocycles. The molecule has 1 amide bonds. The minimum atomic E-state index is -0.478. The van der Waals surface area contributed by atoms with Crippen LogP contribution in [0.2, 0.25) is 0 Å². The maximum absolute atomic E-state index is 12.7. The summed E-state index contributed by atoms with van der Waals surface area (Å²) in [4.78, 5) is 26.8. The summed E-state index contributed by atoms with van der Waals surface area (Å²) in [5.41, 5.74) is 4.50. The van der Waals surface area contributed by atoms with Gasteiger partial charge in [-0.1, -0.05) is 37.3 Å². The number of carbonyl (C=O) groups excluding carboxylic acids is 1. The molecule has 140 valence electrons. The Labute approximate surface area is 161 Å². The van der Waals surface area contributed by atoms with Crippen molar-refractivity contribution in [2.24, 2.45) is 0 Å². The number of amides is 1. The number of rotatable bonds is 4. The predicted octanol–water partition coefficient (Wildman–Crippen LogP) is 5.35. The van der Waals surface area contributed by atoms with Gasteiger partial charge in [-0.25, -0.2) is 0 Å². The number of nitrogens with zero attached hydrogens (tertiary/aromatic N) is 1. The van der Waals surface area contributed by atoms with Crippen LogP contribution in [0.25, 0.3) is 21.8 Å². The monoisotopic (exact) mass is 373 g/mol. The minimum absolute atomic E-state index is 0.0641. The number of hydrogen-bond acceptors (Lipinski definition) is 3. The number of H-pyrrole nitrogens is 1. The Kier molecular flexibility index (Phi) is 4.31. The Bertz CT molecular complexity index is 1240. The summed E-state index contributed by atoms with van der Waals surface area (Å²) in [5.74, 6) is -0.370. The van der Waals surface area contributed by atoms with E-state index in [-0.39, 0.29) is 11.6 Å². The van der Waals surface area contributed by atoms with E-state index in [2.05, 4.69) is 35.4 Å². The van der Waals surface area contributed by atoms with E-state index in [9.17, 15) is 14.9 Å². The lowest BCUT2D eigenvalue weighted by atomic mass is 10.1. The fraction of sp³-hybridized carbons (Fsp3) is 0.136. The van der Waals surface area contributed by atoms with E-state index in [1.54, 1.807) is 13.0 Å². The molecule has 0 saturated heterocycles. The fourth-order valence-electron chi connectivity index (χ4n) is 3.63. The number of para-hydroxylation sites is 1. The zero-order valence-corrected chi connectivity index (χ0v) is 15.6. The van der Waals surface area contributed by atoms with Crippen molar-refractivity contribution in [1.29, 1.82) is 0 Å². The van der Waals surface area contributed by atoms with Crippen LogP contribution in [0, 0.1) is 17.0 Å². The molecule has 2 N–H and O–H groups in total. The van der Waals surface area contributed by atoms with Crippen LogP contribution in [0.4, 0.5) is 11.4 Å². The van der Waals surface area contributed by atoms with Crippen molar-refractivity contribution in [1.82, 2.24) is 4.98 Å². The lowest BCUT2D eigenvalue weighted by molar-refractivity contribution is -0.385. The van der Waals surface area contributed by atoms with Gasteiger partial charge in [-0.15, -0.1) is 0 Å². The van der Waals surface area contributed by atoms with Gasteiger partial charge in [0.25, 0.3) is 11.6 Å². The lowest BCUT2D eigenvalue weighted by Crippen LogP contribution is -2.14. The summed E-state index contributed by atoms with van der Waals surface area (Å²) in [6.07, 6.45) is 0.930. The number of hydrogen-bond donors (Lipinski definition) is 2. The first kappa shape index (κ1) is 17.7. The molecule has 4 aromatic rings. The normalized spacial score (nSPS) is 11.1. The van der Waals surface area contributed by atoms with Gasteiger partial charge in [-0.05, 0) is 37.1 Å². The summed E-state index contributed by atoms with van der Waals surface area (Å²) in [6, 6.07) is 16.5. The number of aromatic nitrogens is 1. The largest absolute Gasteiger partial charge is 0.354 e. The van der Waals surface area contributed by atoms with E-state index in [1.807, 2.05) is 18.2 Å². The van der Waals surface area contributed by atoms with Gasteiger partial charge in [-0.2, -0.15) is 0 Å². The molecule has 4 rings (SSSR count). The molecule has 0 fully saturated rings. The van der Waals surface area contributed by atoms with E-state index in [0.717, 1.165) is 28.2 Å². The second-order valence-corrected chi connectivity index (χ2v) is 6.74. The number of benzene rings is 3. The van der Waals surface area contributed by atoms with Crippen LogP contribution in [0.15, 0.2) is 54.6 Å². The second-order valence-electron chi connectivity index (χ2n) is 6.74. The van der Waals surface area contributed by atoms with Crippen molar-refractivity contribution in [2.45, 2.75) is 20.3 Å². The summed E-state index contributed by atoms with van der Waals surface area (Å²) >= 11 is 0. The molecule has 0 aliphatic rings. The Morgan fingerprint density at radius 1 is 1.11 bits per heavy atom. The average molecular weight is 373 g/mol. The van der Waals surface area contributed by atoms with Gasteiger partial charge < -0.3 is 10.3 Å². The molecule has 0 spiro atoms. The van der Waals surface area contributed by atoms with Gasteiger partial charge in [0.15, 0.2) is 0 Å². The summed E-state index contributed by atoms with van der Waals surface area (Å²) in [7, 11) is 0.